The van der Waals surface area contributed by atoms with Gasteiger partial charge in [-0.1, -0.05) is 64.4 Å². The van der Waals surface area contributed by atoms with Gasteiger partial charge in [0, 0.05) is 0 Å². The number of hydrogen-bond acceptors (Lipinski definition) is 1. The van der Waals surface area contributed by atoms with Crippen LogP contribution in [0.4, 0.5) is 0 Å². The van der Waals surface area contributed by atoms with E-state index in [9.17, 15) is 4.79 Å². The summed E-state index contributed by atoms with van der Waals surface area (Å²) >= 11 is 0. The van der Waals surface area contributed by atoms with Gasteiger partial charge in [0.05, 0.1) is 13.6 Å². The third kappa shape index (κ3) is 5.12. The molecule has 1 rings (SSSR count). The van der Waals surface area contributed by atoms with Gasteiger partial charge in [-0.15, -0.1) is 0 Å². The van der Waals surface area contributed by atoms with E-state index in [0.717, 1.165) is 0 Å². The summed E-state index contributed by atoms with van der Waals surface area (Å²) in [6, 6.07) is 7.53. The first-order chi connectivity index (χ1) is 9.36. The normalized spacial score (nSPS) is 13.2. The lowest BCUT2D eigenvalue weighted by molar-refractivity contribution is 0.0697. The maximum atomic E-state index is 10.9. The van der Waals surface area contributed by atoms with E-state index in [1.54, 1.807) is 12.1 Å². The first-order valence-electron chi connectivity index (χ1n) is 7.69. The highest BCUT2D eigenvalue weighted by Crippen LogP contribution is 2.32. The summed E-state index contributed by atoms with van der Waals surface area (Å²) in [6.45, 7) is 9.45. The van der Waals surface area contributed by atoms with Crippen LogP contribution < -0.4 is 0 Å². The Balaban J connectivity index is 2.80. The zero-order valence-electron chi connectivity index (χ0n) is 13.3. The summed E-state index contributed by atoms with van der Waals surface area (Å²) in [4.78, 5) is 10.9. The van der Waals surface area contributed by atoms with Crippen LogP contribution in [0, 0.1) is 0 Å². The fourth-order valence-corrected chi connectivity index (χ4v) is 5.00. The first kappa shape index (κ1) is 17.0. The molecule has 0 heterocycles. The van der Waals surface area contributed by atoms with E-state index < -0.39 is 14.0 Å². The lowest BCUT2D eigenvalue weighted by Crippen LogP contribution is -2.31. The van der Waals surface area contributed by atoms with Crippen LogP contribution in [-0.2, 0) is 0 Å². The molecule has 1 N–H and O–H groups in total. The van der Waals surface area contributed by atoms with E-state index in [-0.39, 0.29) is 0 Å². The number of aromatic carboxylic acids is 1. The topological polar surface area (TPSA) is 37.3 Å². The summed E-state index contributed by atoms with van der Waals surface area (Å²) in [5, 5.41) is 8.98. The summed E-state index contributed by atoms with van der Waals surface area (Å²) in [7, 11) is -1.28. The second-order valence-electron chi connectivity index (χ2n) is 6.70. The maximum absolute atomic E-state index is 10.9. The van der Waals surface area contributed by atoms with E-state index >= 15 is 0 Å². The predicted molar refractivity (Wildman–Crippen MR) is 88.2 cm³/mol. The quantitative estimate of drug-likeness (QED) is 0.520. The van der Waals surface area contributed by atoms with Crippen LogP contribution in [0.25, 0.3) is 0 Å². The van der Waals surface area contributed by atoms with Crippen LogP contribution in [-0.4, -0.2) is 19.1 Å². The van der Waals surface area contributed by atoms with Crippen molar-refractivity contribution in [3.05, 3.63) is 35.4 Å². The van der Waals surface area contributed by atoms with Gasteiger partial charge in [-0.25, -0.2) is 4.79 Å². The molecule has 0 aliphatic carbocycles. The van der Waals surface area contributed by atoms with Crippen molar-refractivity contribution in [2.45, 2.75) is 64.2 Å². The molecule has 0 bridgehead atoms. The molecule has 0 saturated heterocycles. The highest BCUT2D eigenvalue weighted by Gasteiger charge is 2.27. The van der Waals surface area contributed by atoms with Crippen molar-refractivity contribution < 1.29 is 9.90 Å². The third-order valence-electron chi connectivity index (χ3n) is 3.95. The highest BCUT2D eigenvalue weighted by atomic mass is 28.3. The monoisotopic (exact) mass is 292 g/mol. The zero-order chi connectivity index (χ0) is 15.2. The molecule has 3 heteroatoms. The van der Waals surface area contributed by atoms with Crippen LogP contribution in [0.5, 0.6) is 0 Å². The largest absolute Gasteiger partial charge is 0.478 e. The van der Waals surface area contributed by atoms with Gasteiger partial charge < -0.3 is 5.11 Å². The molecule has 1 atom stereocenters. The minimum Gasteiger partial charge on any atom is -0.478 e. The minimum atomic E-state index is -1.28. The number of carbonyl (C=O) groups is 1. The SMILES string of the molecule is CCCCCCC(c1ccc(C(=O)O)cc1)[Si](C)(C)C. The second-order valence-corrected chi connectivity index (χ2v) is 12.1. The second kappa shape index (κ2) is 7.63. The molecule has 0 fully saturated rings. The van der Waals surface area contributed by atoms with Gasteiger partial charge in [-0.05, 0) is 29.7 Å². The van der Waals surface area contributed by atoms with Crippen LogP contribution >= 0.6 is 0 Å². The van der Waals surface area contributed by atoms with Crippen molar-refractivity contribution in [3.8, 4) is 0 Å². The van der Waals surface area contributed by atoms with Gasteiger partial charge in [0.15, 0.2) is 0 Å². The number of rotatable bonds is 8. The van der Waals surface area contributed by atoms with Crippen molar-refractivity contribution in [3.63, 3.8) is 0 Å². The summed E-state index contributed by atoms with van der Waals surface area (Å²) in [5.74, 6) is -0.843. The number of hydrogen-bond donors (Lipinski definition) is 1. The van der Waals surface area contributed by atoms with Gasteiger partial charge >= 0.3 is 5.97 Å². The van der Waals surface area contributed by atoms with Crippen LogP contribution in [0.3, 0.4) is 0 Å². The van der Waals surface area contributed by atoms with Crippen molar-refractivity contribution in [1.29, 1.82) is 0 Å². The van der Waals surface area contributed by atoms with E-state index in [2.05, 4.69) is 26.6 Å². The summed E-state index contributed by atoms with van der Waals surface area (Å²) < 4.78 is 0. The Morgan fingerprint density at radius 1 is 1.10 bits per heavy atom. The fourth-order valence-electron chi connectivity index (χ4n) is 2.73. The first-order valence-corrected chi connectivity index (χ1v) is 11.3. The molecule has 112 valence electrons. The number of unbranched alkanes of at least 4 members (excludes halogenated alkanes) is 3. The Bertz CT molecular complexity index is 418. The van der Waals surface area contributed by atoms with Crippen molar-refractivity contribution in [1.82, 2.24) is 0 Å². The highest BCUT2D eigenvalue weighted by molar-refractivity contribution is 6.77. The molecule has 0 spiro atoms. The molecule has 1 aromatic carbocycles. The lowest BCUT2D eigenvalue weighted by Gasteiger charge is -2.29. The van der Waals surface area contributed by atoms with Crippen LogP contribution in [0.2, 0.25) is 19.6 Å². The number of benzene rings is 1. The molecule has 0 radical (unpaired) electrons. The molecule has 0 aliphatic heterocycles. The Kier molecular flexibility index (Phi) is 6.47. The zero-order valence-corrected chi connectivity index (χ0v) is 14.3. The summed E-state index contributed by atoms with van der Waals surface area (Å²) in [5.41, 5.74) is 2.34. The molecular formula is C17H28O2Si. The lowest BCUT2D eigenvalue weighted by atomic mass is 10.0. The van der Waals surface area contributed by atoms with Crippen molar-refractivity contribution in [2.75, 3.05) is 0 Å². The molecule has 0 aromatic heterocycles. The van der Waals surface area contributed by atoms with Crippen LogP contribution in [0.1, 0.15) is 60.5 Å². The molecular weight excluding hydrogens is 264 g/mol. The van der Waals surface area contributed by atoms with E-state index in [4.69, 9.17) is 5.11 Å². The standard InChI is InChI=1S/C17H28O2Si/c1-5-6-7-8-9-16(20(2,3)4)14-10-12-15(13-11-14)17(18)19/h10-13,16H,5-9H2,1-4H3,(H,18,19). The van der Waals surface area contributed by atoms with Crippen molar-refractivity contribution >= 4 is 14.0 Å². The van der Waals surface area contributed by atoms with Gasteiger partial charge in [0.25, 0.3) is 0 Å². The average molecular weight is 292 g/mol. The van der Waals surface area contributed by atoms with E-state index in [1.165, 1.54) is 37.7 Å². The third-order valence-corrected chi connectivity index (χ3v) is 6.66. The molecule has 2 nitrogen and oxygen atoms in total. The molecule has 0 amide bonds. The average Bonchev–Trinajstić information content (AvgIpc) is 2.37. The number of carboxylic acid groups (broad SMARTS) is 1. The van der Waals surface area contributed by atoms with Crippen molar-refractivity contribution in [2.24, 2.45) is 0 Å². The molecule has 20 heavy (non-hydrogen) atoms. The molecule has 0 saturated carbocycles. The Morgan fingerprint density at radius 2 is 1.70 bits per heavy atom. The van der Waals surface area contributed by atoms with E-state index in [1.807, 2.05) is 12.1 Å². The summed E-state index contributed by atoms with van der Waals surface area (Å²) in [6.07, 6.45) is 6.41. The van der Waals surface area contributed by atoms with Gasteiger partial charge in [0.2, 0.25) is 0 Å². The minimum absolute atomic E-state index is 0.383. The Hall–Kier alpha value is -1.09. The smallest absolute Gasteiger partial charge is 0.335 e. The van der Waals surface area contributed by atoms with Gasteiger partial charge in [0.1, 0.15) is 0 Å². The molecule has 0 aliphatic rings. The predicted octanol–water partition coefficient (Wildman–Crippen LogP) is 5.32. The van der Waals surface area contributed by atoms with E-state index in [0.29, 0.717) is 11.1 Å². The number of carboxylic acids is 1. The van der Waals surface area contributed by atoms with Crippen LogP contribution in [0.15, 0.2) is 24.3 Å². The molecule has 1 unspecified atom stereocenters. The Labute approximate surface area is 124 Å². The fraction of sp³-hybridized carbons (Fsp3) is 0.588. The van der Waals surface area contributed by atoms with Gasteiger partial charge in [-0.2, -0.15) is 0 Å². The van der Waals surface area contributed by atoms with Gasteiger partial charge in [-0.3, -0.25) is 0 Å². The Morgan fingerprint density at radius 3 is 2.15 bits per heavy atom. The molecule has 1 aromatic rings. The maximum Gasteiger partial charge on any atom is 0.335 e.